The molecular formula is C16H16F2O3. The van der Waals surface area contributed by atoms with Crippen molar-refractivity contribution in [3.63, 3.8) is 0 Å². The van der Waals surface area contributed by atoms with Crippen molar-refractivity contribution in [2.45, 2.75) is 12.0 Å². The fourth-order valence-corrected chi connectivity index (χ4v) is 2.11. The quantitative estimate of drug-likeness (QED) is 0.920. The van der Waals surface area contributed by atoms with Gasteiger partial charge >= 0.3 is 0 Å². The normalized spacial score (nSPS) is 11.5. The molecule has 0 aromatic heterocycles. The lowest BCUT2D eigenvalue weighted by Gasteiger charge is -2.28. The SMILES string of the molecule is COc1ccc(C(O)(c2ccc(OC)cc2)C(F)F)cc1. The molecule has 21 heavy (non-hydrogen) atoms. The molecule has 5 heteroatoms. The van der Waals surface area contributed by atoms with E-state index in [-0.39, 0.29) is 11.1 Å². The summed E-state index contributed by atoms with van der Waals surface area (Å²) in [6.45, 7) is 0. The van der Waals surface area contributed by atoms with Crippen LogP contribution in [-0.2, 0) is 5.60 Å². The van der Waals surface area contributed by atoms with Crippen molar-refractivity contribution < 1.29 is 23.4 Å². The highest BCUT2D eigenvalue weighted by atomic mass is 19.3. The molecule has 0 aliphatic carbocycles. The van der Waals surface area contributed by atoms with Gasteiger partial charge in [0.25, 0.3) is 6.43 Å². The van der Waals surface area contributed by atoms with Crippen LogP contribution in [0.1, 0.15) is 11.1 Å². The van der Waals surface area contributed by atoms with E-state index in [9.17, 15) is 13.9 Å². The summed E-state index contributed by atoms with van der Waals surface area (Å²) in [5.74, 6) is 1.06. The first-order chi connectivity index (χ1) is 10.0. The minimum Gasteiger partial charge on any atom is -0.497 e. The van der Waals surface area contributed by atoms with Crippen LogP contribution in [0.4, 0.5) is 8.78 Å². The van der Waals surface area contributed by atoms with Gasteiger partial charge < -0.3 is 14.6 Å². The summed E-state index contributed by atoms with van der Waals surface area (Å²) in [6, 6.07) is 11.8. The Morgan fingerprint density at radius 1 is 0.810 bits per heavy atom. The third kappa shape index (κ3) is 2.83. The lowest BCUT2D eigenvalue weighted by Crippen LogP contribution is -2.35. The Kier molecular flexibility index (Phi) is 4.43. The molecule has 0 aliphatic heterocycles. The highest BCUT2D eigenvalue weighted by Crippen LogP contribution is 2.36. The number of aliphatic hydroxyl groups is 1. The molecule has 0 amide bonds. The predicted molar refractivity (Wildman–Crippen MR) is 75.0 cm³/mol. The van der Waals surface area contributed by atoms with E-state index in [1.165, 1.54) is 62.8 Å². The lowest BCUT2D eigenvalue weighted by atomic mass is 9.86. The molecular weight excluding hydrogens is 278 g/mol. The number of methoxy groups -OCH3 is 2. The zero-order valence-electron chi connectivity index (χ0n) is 11.7. The van der Waals surface area contributed by atoms with Crippen molar-refractivity contribution in [2.75, 3.05) is 14.2 Å². The summed E-state index contributed by atoms with van der Waals surface area (Å²) in [7, 11) is 2.97. The second-order valence-electron chi connectivity index (χ2n) is 4.52. The molecule has 2 rings (SSSR count). The fourth-order valence-electron chi connectivity index (χ4n) is 2.11. The fraction of sp³-hybridized carbons (Fsp3) is 0.250. The summed E-state index contributed by atoms with van der Waals surface area (Å²) in [6.07, 6.45) is -2.97. The zero-order chi connectivity index (χ0) is 15.5. The summed E-state index contributed by atoms with van der Waals surface area (Å²) < 4.78 is 37.0. The largest absolute Gasteiger partial charge is 0.497 e. The first-order valence-electron chi connectivity index (χ1n) is 6.32. The third-order valence-electron chi connectivity index (χ3n) is 3.38. The van der Waals surface area contributed by atoms with Crippen molar-refractivity contribution >= 4 is 0 Å². The Labute approximate surface area is 121 Å². The van der Waals surface area contributed by atoms with Crippen LogP contribution >= 0.6 is 0 Å². The number of rotatable bonds is 5. The molecule has 1 N–H and O–H groups in total. The summed E-state index contributed by atoms with van der Waals surface area (Å²) >= 11 is 0. The number of halogens is 2. The van der Waals surface area contributed by atoms with Crippen molar-refractivity contribution in [2.24, 2.45) is 0 Å². The van der Waals surface area contributed by atoms with E-state index in [1.54, 1.807) is 0 Å². The van der Waals surface area contributed by atoms with E-state index in [2.05, 4.69) is 0 Å². The van der Waals surface area contributed by atoms with Crippen LogP contribution in [0.5, 0.6) is 11.5 Å². The predicted octanol–water partition coefficient (Wildman–Crippen LogP) is 3.20. The number of hydrogen-bond donors (Lipinski definition) is 1. The summed E-state index contributed by atoms with van der Waals surface area (Å²) in [5.41, 5.74) is -2.18. The van der Waals surface area contributed by atoms with Crippen LogP contribution in [-0.4, -0.2) is 25.8 Å². The average Bonchev–Trinajstić information content (AvgIpc) is 2.54. The Bertz CT molecular complexity index is 532. The molecule has 0 radical (unpaired) electrons. The van der Waals surface area contributed by atoms with Gasteiger partial charge in [-0.1, -0.05) is 24.3 Å². The Morgan fingerprint density at radius 2 is 1.14 bits per heavy atom. The van der Waals surface area contributed by atoms with Crippen LogP contribution in [0.25, 0.3) is 0 Å². The first kappa shape index (κ1) is 15.3. The van der Waals surface area contributed by atoms with E-state index >= 15 is 0 Å². The molecule has 2 aromatic carbocycles. The van der Waals surface area contributed by atoms with Crippen molar-refractivity contribution in [3.8, 4) is 11.5 Å². The van der Waals surface area contributed by atoms with Crippen LogP contribution in [0.15, 0.2) is 48.5 Å². The van der Waals surface area contributed by atoms with Crippen LogP contribution in [0.2, 0.25) is 0 Å². The highest BCUT2D eigenvalue weighted by Gasteiger charge is 2.41. The molecule has 0 spiro atoms. The smallest absolute Gasteiger partial charge is 0.275 e. The van der Waals surface area contributed by atoms with Gasteiger partial charge in [-0.05, 0) is 35.4 Å². The molecule has 3 nitrogen and oxygen atoms in total. The van der Waals surface area contributed by atoms with Crippen molar-refractivity contribution in [1.29, 1.82) is 0 Å². The minimum atomic E-state index is -2.97. The second-order valence-corrected chi connectivity index (χ2v) is 4.52. The Hall–Kier alpha value is -2.14. The molecule has 0 saturated carbocycles. The van der Waals surface area contributed by atoms with Crippen molar-refractivity contribution in [1.82, 2.24) is 0 Å². The number of benzene rings is 2. The van der Waals surface area contributed by atoms with Gasteiger partial charge in [0.15, 0.2) is 5.60 Å². The van der Waals surface area contributed by atoms with Gasteiger partial charge in [-0.25, -0.2) is 8.78 Å². The van der Waals surface area contributed by atoms with Crippen molar-refractivity contribution in [3.05, 3.63) is 59.7 Å². The number of ether oxygens (including phenoxy) is 2. The van der Waals surface area contributed by atoms with Gasteiger partial charge in [0.2, 0.25) is 0 Å². The number of hydrogen-bond acceptors (Lipinski definition) is 3. The maximum absolute atomic E-state index is 13.5. The average molecular weight is 294 g/mol. The van der Waals surface area contributed by atoms with E-state index in [0.717, 1.165) is 0 Å². The van der Waals surface area contributed by atoms with Crippen LogP contribution in [0, 0.1) is 0 Å². The molecule has 112 valence electrons. The molecule has 0 unspecified atom stereocenters. The number of alkyl halides is 2. The lowest BCUT2D eigenvalue weighted by molar-refractivity contribution is -0.0718. The van der Waals surface area contributed by atoms with E-state index in [0.29, 0.717) is 11.5 Å². The highest BCUT2D eigenvalue weighted by molar-refractivity contribution is 5.41. The Balaban J connectivity index is 2.47. The van der Waals surface area contributed by atoms with Gasteiger partial charge in [0, 0.05) is 0 Å². The molecule has 2 aromatic rings. The minimum absolute atomic E-state index is 0.100. The molecule has 0 fully saturated rings. The van der Waals surface area contributed by atoms with Gasteiger partial charge in [-0.15, -0.1) is 0 Å². The summed E-state index contributed by atoms with van der Waals surface area (Å²) in [4.78, 5) is 0. The Morgan fingerprint density at radius 3 is 1.38 bits per heavy atom. The van der Waals surface area contributed by atoms with Gasteiger partial charge in [-0.3, -0.25) is 0 Å². The van der Waals surface area contributed by atoms with Crippen LogP contribution in [0.3, 0.4) is 0 Å². The molecule has 0 heterocycles. The maximum atomic E-state index is 13.5. The van der Waals surface area contributed by atoms with Gasteiger partial charge in [0.1, 0.15) is 11.5 Å². The third-order valence-corrected chi connectivity index (χ3v) is 3.38. The first-order valence-corrected chi connectivity index (χ1v) is 6.32. The van der Waals surface area contributed by atoms with E-state index in [4.69, 9.17) is 9.47 Å². The standard InChI is InChI=1S/C16H16F2O3/c1-20-13-7-3-11(4-8-13)16(19,15(17)18)12-5-9-14(21-2)10-6-12/h3-10,15,19H,1-2H3. The molecule has 0 atom stereocenters. The van der Waals surface area contributed by atoms with E-state index in [1.807, 2.05) is 0 Å². The molecule has 0 bridgehead atoms. The van der Waals surface area contributed by atoms with E-state index < -0.39 is 12.0 Å². The zero-order valence-corrected chi connectivity index (χ0v) is 11.7. The monoisotopic (exact) mass is 294 g/mol. The molecule has 0 saturated heterocycles. The van der Waals surface area contributed by atoms with Gasteiger partial charge in [0.05, 0.1) is 14.2 Å². The summed E-state index contributed by atoms with van der Waals surface area (Å²) in [5, 5.41) is 10.5. The van der Waals surface area contributed by atoms with Gasteiger partial charge in [-0.2, -0.15) is 0 Å². The topological polar surface area (TPSA) is 38.7 Å². The maximum Gasteiger partial charge on any atom is 0.275 e. The second kappa shape index (κ2) is 6.10. The van der Waals surface area contributed by atoms with Crippen LogP contribution < -0.4 is 9.47 Å². The molecule has 0 aliphatic rings.